The van der Waals surface area contributed by atoms with Crippen molar-refractivity contribution in [2.24, 2.45) is 0 Å². The first-order chi connectivity index (χ1) is 11.1. The van der Waals surface area contributed by atoms with Crippen LogP contribution in [0.15, 0.2) is 33.4 Å². The first-order valence-corrected chi connectivity index (χ1v) is 11.4. The topological polar surface area (TPSA) is 0 Å². The number of rotatable bonds is 2. The number of halogens is 1. The van der Waals surface area contributed by atoms with Crippen LogP contribution in [0.3, 0.4) is 0 Å². The highest BCUT2D eigenvalue weighted by Gasteiger charge is 2.20. The fourth-order valence-electron chi connectivity index (χ4n) is 2.37. The Morgan fingerprint density at radius 3 is 1.71 bits per heavy atom. The van der Waals surface area contributed by atoms with Gasteiger partial charge in [0.25, 0.3) is 0 Å². The van der Waals surface area contributed by atoms with Gasteiger partial charge in [-0.1, -0.05) is 41.5 Å². The maximum atomic E-state index is 3.78. The van der Waals surface area contributed by atoms with Gasteiger partial charge in [0.1, 0.15) is 0 Å². The van der Waals surface area contributed by atoms with E-state index in [1.54, 1.807) is 0 Å². The van der Waals surface area contributed by atoms with Crippen LogP contribution in [0.25, 0.3) is 19.5 Å². The molecule has 3 aromatic rings. The Balaban J connectivity index is 1.96. The molecule has 0 fully saturated rings. The summed E-state index contributed by atoms with van der Waals surface area (Å²) in [5.74, 6) is 0. The lowest BCUT2D eigenvalue weighted by Crippen LogP contribution is -2.08. The van der Waals surface area contributed by atoms with E-state index < -0.39 is 0 Å². The van der Waals surface area contributed by atoms with Crippen LogP contribution in [-0.4, -0.2) is 0 Å². The van der Waals surface area contributed by atoms with E-state index in [9.17, 15) is 0 Å². The highest BCUT2D eigenvalue weighted by molar-refractivity contribution is 9.10. The summed E-state index contributed by atoms with van der Waals surface area (Å²) in [6.07, 6.45) is 0. The predicted octanol–water partition coefficient (Wildman–Crippen LogP) is 8.56. The van der Waals surface area contributed by atoms with Gasteiger partial charge in [-0.2, -0.15) is 0 Å². The van der Waals surface area contributed by atoms with Gasteiger partial charge in [-0.3, -0.25) is 0 Å². The van der Waals surface area contributed by atoms with Gasteiger partial charge in [0.15, 0.2) is 0 Å². The fraction of sp³-hybridized carbons (Fsp3) is 0.400. The van der Waals surface area contributed by atoms with E-state index in [-0.39, 0.29) is 10.8 Å². The van der Waals surface area contributed by atoms with E-state index in [0.717, 1.165) is 0 Å². The molecule has 3 heterocycles. The van der Waals surface area contributed by atoms with Gasteiger partial charge >= 0.3 is 0 Å². The Hall–Kier alpha value is -0.420. The number of hydrogen-bond donors (Lipinski definition) is 0. The third-order valence-electron chi connectivity index (χ3n) is 4.08. The molecule has 0 atom stereocenters. The number of hydrogen-bond acceptors (Lipinski definition) is 3. The summed E-state index contributed by atoms with van der Waals surface area (Å²) >= 11 is 9.36. The molecule has 3 rings (SSSR count). The van der Waals surface area contributed by atoms with E-state index in [4.69, 9.17) is 0 Å². The van der Waals surface area contributed by atoms with Crippen molar-refractivity contribution in [2.75, 3.05) is 0 Å². The van der Waals surface area contributed by atoms with Gasteiger partial charge in [-0.25, -0.2) is 0 Å². The molecule has 0 amide bonds. The van der Waals surface area contributed by atoms with Gasteiger partial charge in [0, 0.05) is 19.1 Å². The Bertz CT molecular complexity index is 850. The summed E-state index contributed by atoms with van der Waals surface area (Å²) in [4.78, 5) is 5.42. The van der Waals surface area contributed by atoms with Crippen LogP contribution in [0.2, 0.25) is 0 Å². The minimum Gasteiger partial charge on any atom is -0.143 e. The van der Waals surface area contributed by atoms with Gasteiger partial charge in [-0.05, 0) is 66.8 Å². The van der Waals surface area contributed by atoms with E-state index >= 15 is 0 Å². The van der Waals surface area contributed by atoms with E-state index in [1.165, 1.54) is 35.1 Å². The third kappa shape index (κ3) is 3.72. The molecule has 0 bridgehead atoms. The molecule has 0 nitrogen and oxygen atoms in total. The molecule has 4 heteroatoms. The lowest BCUT2D eigenvalue weighted by molar-refractivity contribution is 0.592. The molecule has 0 saturated carbocycles. The average molecular weight is 440 g/mol. The van der Waals surface area contributed by atoms with Gasteiger partial charge < -0.3 is 0 Å². The Morgan fingerprint density at radius 2 is 1.21 bits per heavy atom. The van der Waals surface area contributed by atoms with Crippen LogP contribution in [0.4, 0.5) is 0 Å². The standard InChI is InChI=1S/C20H23BrS3/c1-19(2,3)12-7-15(22-10-12)16-9-14(21)18(24-16)17-8-13(11-23-17)20(4,5)6/h7-11H,1-6H3. The molecular weight excluding hydrogens is 416 g/mol. The van der Waals surface area contributed by atoms with Crippen molar-refractivity contribution in [1.82, 2.24) is 0 Å². The zero-order chi connectivity index (χ0) is 17.7. The molecule has 0 spiro atoms. The summed E-state index contributed by atoms with van der Waals surface area (Å²) in [5, 5.41) is 4.59. The zero-order valence-electron chi connectivity index (χ0n) is 15.0. The van der Waals surface area contributed by atoms with Crippen molar-refractivity contribution in [3.8, 4) is 19.5 Å². The molecule has 128 valence electrons. The van der Waals surface area contributed by atoms with Crippen molar-refractivity contribution in [3.05, 3.63) is 44.6 Å². The highest BCUT2D eigenvalue weighted by atomic mass is 79.9. The molecule has 0 saturated heterocycles. The molecule has 0 aromatic carbocycles. The summed E-state index contributed by atoms with van der Waals surface area (Å²) in [7, 11) is 0. The molecule has 0 unspecified atom stereocenters. The van der Waals surface area contributed by atoms with E-state index in [2.05, 4.69) is 86.4 Å². The molecular formula is C20H23BrS3. The number of thiophene rings is 3. The summed E-state index contributed by atoms with van der Waals surface area (Å²) in [5.41, 5.74) is 3.24. The molecule has 3 aromatic heterocycles. The second-order valence-electron chi connectivity index (χ2n) is 8.19. The van der Waals surface area contributed by atoms with Crippen LogP contribution in [-0.2, 0) is 10.8 Å². The van der Waals surface area contributed by atoms with Crippen LogP contribution in [0.1, 0.15) is 52.7 Å². The van der Waals surface area contributed by atoms with E-state index in [0.29, 0.717) is 0 Å². The lowest BCUT2D eigenvalue weighted by Gasteiger charge is -2.15. The summed E-state index contributed by atoms with van der Waals surface area (Å²) < 4.78 is 1.20. The minimum atomic E-state index is 0.205. The van der Waals surface area contributed by atoms with Crippen LogP contribution in [0.5, 0.6) is 0 Å². The summed E-state index contributed by atoms with van der Waals surface area (Å²) in [6.45, 7) is 13.6. The second kappa shape index (κ2) is 6.39. The van der Waals surface area contributed by atoms with Crippen molar-refractivity contribution in [2.45, 2.75) is 52.4 Å². The zero-order valence-corrected chi connectivity index (χ0v) is 19.0. The molecule has 24 heavy (non-hydrogen) atoms. The Morgan fingerprint density at radius 1 is 0.708 bits per heavy atom. The SMILES string of the molecule is CC(C)(C)c1csc(-c2cc(Br)c(-c3cc(C(C)(C)C)cs3)s2)c1. The van der Waals surface area contributed by atoms with E-state index in [1.807, 2.05) is 34.0 Å². The van der Waals surface area contributed by atoms with Gasteiger partial charge in [0.2, 0.25) is 0 Å². The first kappa shape index (κ1) is 18.4. The van der Waals surface area contributed by atoms with Gasteiger partial charge in [-0.15, -0.1) is 34.0 Å². The van der Waals surface area contributed by atoms with Gasteiger partial charge in [0.05, 0.1) is 4.88 Å². The van der Waals surface area contributed by atoms with Crippen molar-refractivity contribution >= 4 is 49.9 Å². The highest BCUT2D eigenvalue weighted by Crippen LogP contribution is 2.46. The third-order valence-corrected chi connectivity index (χ3v) is 8.34. The van der Waals surface area contributed by atoms with Crippen LogP contribution in [0, 0.1) is 0 Å². The predicted molar refractivity (Wildman–Crippen MR) is 116 cm³/mol. The normalized spacial score (nSPS) is 12.8. The Labute approximate surface area is 165 Å². The minimum absolute atomic E-state index is 0.205. The molecule has 0 radical (unpaired) electrons. The monoisotopic (exact) mass is 438 g/mol. The molecule has 0 N–H and O–H groups in total. The smallest absolute Gasteiger partial charge is 0.0591 e. The van der Waals surface area contributed by atoms with Crippen LogP contribution >= 0.6 is 49.9 Å². The lowest BCUT2D eigenvalue weighted by atomic mass is 9.89. The second-order valence-corrected chi connectivity index (χ2v) is 11.9. The van der Waals surface area contributed by atoms with Crippen molar-refractivity contribution in [1.29, 1.82) is 0 Å². The van der Waals surface area contributed by atoms with Crippen molar-refractivity contribution in [3.63, 3.8) is 0 Å². The maximum absolute atomic E-state index is 3.78. The Kier molecular flexibility index (Phi) is 4.89. The largest absolute Gasteiger partial charge is 0.143 e. The first-order valence-electron chi connectivity index (χ1n) is 8.04. The summed E-state index contributed by atoms with van der Waals surface area (Å²) in [6, 6.07) is 6.97. The van der Waals surface area contributed by atoms with Crippen molar-refractivity contribution < 1.29 is 0 Å². The fourth-order valence-corrected chi connectivity index (χ4v) is 6.88. The molecule has 0 aliphatic carbocycles. The molecule has 0 aliphatic heterocycles. The average Bonchev–Trinajstić information content (AvgIpc) is 3.14. The quantitative estimate of drug-likeness (QED) is 0.375. The van der Waals surface area contributed by atoms with Crippen LogP contribution < -0.4 is 0 Å². The molecule has 0 aliphatic rings. The maximum Gasteiger partial charge on any atom is 0.0591 e.